The summed E-state index contributed by atoms with van der Waals surface area (Å²) in [6.45, 7) is 1.42. The quantitative estimate of drug-likeness (QED) is 0.402. The molecule has 0 aliphatic carbocycles. The fourth-order valence-corrected chi connectivity index (χ4v) is 5.37. The molecule has 0 radical (unpaired) electrons. The van der Waals surface area contributed by atoms with E-state index in [1.54, 1.807) is 0 Å². The van der Waals surface area contributed by atoms with Crippen LogP contribution in [0.2, 0.25) is 0 Å². The Hall–Kier alpha value is -1.28. The van der Waals surface area contributed by atoms with Crippen molar-refractivity contribution in [2.75, 3.05) is 11.1 Å². The summed E-state index contributed by atoms with van der Waals surface area (Å²) >= 11 is 0. The van der Waals surface area contributed by atoms with E-state index in [1.807, 2.05) is 21.6 Å². The lowest BCUT2D eigenvalue weighted by molar-refractivity contribution is -0.153. The van der Waals surface area contributed by atoms with Crippen LogP contribution in [-0.2, 0) is 14.3 Å². The SMILES string of the molecule is C[C@H](OC(=O)CCCC[C@@H]1CCSS1)C(=O)Nc1ccc(F)cc1F. The summed E-state index contributed by atoms with van der Waals surface area (Å²) in [5, 5.41) is 2.96. The van der Waals surface area contributed by atoms with Crippen molar-refractivity contribution in [2.45, 2.75) is 50.4 Å². The zero-order valence-electron chi connectivity index (χ0n) is 13.9. The maximum atomic E-state index is 13.5. The van der Waals surface area contributed by atoms with E-state index in [1.165, 1.54) is 19.1 Å². The molecule has 0 spiro atoms. The van der Waals surface area contributed by atoms with Crippen LogP contribution in [0.4, 0.5) is 14.5 Å². The third kappa shape index (κ3) is 6.86. The Kier molecular flexibility index (Phi) is 8.02. The zero-order chi connectivity index (χ0) is 18.2. The van der Waals surface area contributed by atoms with Crippen molar-refractivity contribution >= 4 is 39.2 Å². The van der Waals surface area contributed by atoms with Crippen LogP contribution in [0.15, 0.2) is 18.2 Å². The minimum Gasteiger partial charge on any atom is -0.453 e. The van der Waals surface area contributed by atoms with E-state index in [0.29, 0.717) is 11.3 Å². The summed E-state index contributed by atoms with van der Waals surface area (Å²) in [4.78, 5) is 23.7. The standard InChI is InChI=1S/C17H21F2NO3S2/c1-11(17(22)20-15-7-6-12(18)10-14(15)19)23-16(21)5-3-2-4-13-8-9-24-25-13/h6-7,10-11,13H,2-5,8-9H2,1H3,(H,20,22)/t11-,13+/m0/s1. The number of ether oxygens (including phenoxy) is 1. The molecular weight excluding hydrogens is 368 g/mol. The average Bonchev–Trinajstić information content (AvgIpc) is 3.07. The Bertz CT molecular complexity index is 610. The highest BCUT2D eigenvalue weighted by Crippen LogP contribution is 2.39. The molecule has 1 amide bonds. The Balaban J connectivity index is 1.67. The van der Waals surface area contributed by atoms with Crippen molar-refractivity contribution in [1.82, 2.24) is 0 Å². The molecule has 0 aromatic heterocycles. The monoisotopic (exact) mass is 389 g/mol. The zero-order valence-corrected chi connectivity index (χ0v) is 15.6. The topological polar surface area (TPSA) is 55.4 Å². The Morgan fingerprint density at radius 2 is 2.16 bits per heavy atom. The van der Waals surface area contributed by atoms with E-state index in [-0.39, 0.29) is 12.1 Å². The van der Waals surface area contributed by atoms with E-state index in [0.717, 1.165) is 31.4 Å². The normalized spacial score (nSPS) is 18.0. The van der Waals surface area contributed by atoms with Gasteiger partial charge in [0.25, 0.3) is 5.91 Å². The number of unbranched alkanes of at least 4 members (excludes halogenated alkanes) is 1. The second-order valence-electron chi connectivity index (χ2n) is 5.82. The van der Waals surface area contributed by atoms with E-state index in [9.17, 15) is 18.4 Å². The number of esters is 1. The number of hydrogen-bond acceptors (Lipinski definition) is 5. The van der Waals surface area contributed by atoms with Gasteiger partial charge in [0.05, 0.1) is 5.69 Å². The predicted molar refractivity (Wildman–Crippen MR) is 97.5 cm³/mol. The van der Waals surface area contributed by atoms with E-state index < -0.39 is 29.6 Å². The Morgan fingerprint density at radius 3 is 2.84 bits per heavy atom. The van der Waals surface area contributed by atoms with Crippen LogP contribution >= 0.6 is 21.6 Å². The molecule has 8 heteroatoms. The second kappa shape index (κ2) is 10.0. The number of rotatable bonds is 8. The highest BCUT2D eigenvalue weighted by molar-refractivity contribution is 8.77. The van der Waals surface area contributed by atoms with Crippen LogP contribution in [-0.4, -0.2) is 29.0 Å². The maximum Gasteiger partial charge on any atom is 0.306 e. The maximum absolute atomic E-state index is 13.5. The molecule has 1 aromatic rings. The first-order chi connectivity index (χ1) is 12.0. The number of anilines is 1. The molecule has 25 heavy (non-hydrogen) atoms. The summed E-state index contributed by atoms with van der Waals surface area (Å²) in [7, 11) is 3.81. The number of amides is 1. The van der Waals surface area contributed by atoms with Gasteiger partial charge in [0.2, 0.25) is 0 Å². The number of carbonyl (C=O) groups excluding carboxylic acids is 2. The predicted octanol–water partition coefficient (Wildman–Crippen LogP) is 4.55. The smallest absolute Gasteiger partial charge is 0.306 e. The van der Waals surface area contributed by atoms with Crippen LogP contribution in [0, 0.1) is 11.6 Å². The van der Waals surface area contributed by atoms with Gasteiger partial charge in [-0.15, -0.1) is 0 Å². The van der Waals surface area contributed by atoms with Gasteiger partial charge in [0, 0.05) is 23.5 Å². The Labute approximate surface area is 153 Å². The lowest BCUT2D eigenvalue weighted by Gasteiger charge is -2.14. The van der Waals surface area contributed by atoms with Gasteiger partial charge < -0.3 is 10.1 Å². The van der Waals surface area contributed by atoms with Gasteiger partial charge in [0.1, 0.15) is 11.6 Å². The van der Waals surface area contributed by atoms with Gasteiger partial charge in [-0.05, 0) is 38.3 Å². The van der Waals surface area contributed by atoms with Crippen LogP contribution in [0.1, 0.15) is 39.0 Å². The number of carbonyl (C=O) groups is 2. The lowest BCUT2D eigenvalue weighted by atomic mass is 10.1. The van der Waals surface area contributed by atoms with E-state index in [4.69, 9.17) is 4.74 Å². The number of nitrogens with one attached hydrogen (secondary N) is 1. The molecule has 1 heterocycles. The van der Waals surface area contributed by atoms with Crippen molar-refractivity contribution in [2.24, 2.45) is 0 Å². The molecular formula is C17H21F2NO3S2. The molecule has 0 unspecified atom stereocenters. The molecule has 1 N–H and O–H groups in total. The van der Waals surface area contributed by atoms with Crippen LogP contribution in [0.3, 0.4) is 0 Å². The van der Waals surface area contributed by atoms with Crippen molar-refractivity contribution in [3.8, 4) is 0 Å². The van der Waals surface area contributed by atoms with E-state index in [2.05, 4.69) is 5.32 Å². The van der Waals surface area contributed by atoms with Gasteiger partial charge >= 0.3 is 5.97 Å². The Morgan fingerprint density at radius 1 is 1.36 bits per heavy atom. The number of halogens is 2. The number of benzene rings is 1. The van der Waals surface area contributed by atoms with Gasteiger partial charge in [0.15, 0.2) is 6.10 Å². The summed E-state index contributed by atoms with van der Waals surface area (Å²) in [5.41, 5.74) is -0.152. The molecule has 1 aromatic carbocycles. The first kappa shape index (κ1) is 20.0. The van der Waals surface area contributed by atoms with E-state index >= 15 is 0 Å². The van der Waals surface area contributed by atoms with Gasteiger partial charge in [-0.2, -0.15) is 0 Å². The van der Waals surface area contributed by atoms with Gasteiger partial charge in [-0.1, -0.05) is 28.0 Å². The molecule has 1 aliphatic rings. The molecule has 2 rings (SSSR count). The van der Waals surface area contributed by atoms with Gasteiger partial charge in [-0.25, -0.2) is 8.78 Å². The second-order valence-corrected chi connectivity index (χ2v) is 8.61. The van der Waals surface area contributed by atoms with Crippen molar-refractivity contribution < 1.29 is 23.1 Å². The summed E-state index contributed by atoms with van der Waals surface area (Å²) in [6.07, 6.45) is 3.20. The lowest BCUT2D eigenvalue weighted by Crippen LogP contribution is -2.30. The minimum absolute atomic E-state index is 0.152. The third-order valence-corrected chi connectivity index (χ3v) is 6.76. The van der Waals surface area contributed by atoms with Crippen molar-refractivity contribution in [3.63, 3.8) is 0 Å². The molecule has 1 saturated heterocycles. The number of hydrogen-bond donors (Lipinski definition) is 1. The van der Waals surface area contributed by atoms with Crippen LogP contribution < -0.4 is 5.32 Å². The van der Waals surface area contributed by atoms with Crippen molar-refractivity contribution in [1.29, 1.82) is 0 Å². The first-order valence-electron chi connectivity index (χ1n) is 8.19. The third-order valence-electron chi connectivity index (χ3n) is 3.75. The average molecular weight is 389 g/mol. The molecule has 0 saturated carbocycles. The minimum atomic E-state index is -1.04. The summed E-state index contributed by atoms with van der Waals surface area (Å²) in [6, 6.07) is 2.83. The molecule has 4 nitrogen and oxygen atoms in total. The molecule has 138 valence electrons. The highest BCUT2D eigenvalue weighted by Gasteiger charge is 2.20. The van der Waals surface area contributed by atoms with Crippen LogP contribution in [0.25, 0.3) is 0 Å². The summed E-state index contributed by atoms with van der Waals surface area (Å²) in [5.74, 6) is -1.52. The molecule has 2 atom stereocenters. The first-order valence-corrected chi connectivity index (χ1v) is 10.6. The van der Waals surface area contributed by atoms with Crippen molar-refractivity contribution in [3.05, 3.63) is 29.8 Å². The molecule has 0 bridgehead atoms. The van der Waals surface area contributed by atoms with Crippen LogP contribution in [0.5, 0.6) is 0 Å². The summed E-state index contributed by atoms with van der Waals surface area (Å²) < 4.78 is 31.4. The fourth-order valence-electron chi connectivity index (χ4n) is 2.34. The highest BCUT2D eigenvalue weighted by atomic mass is 33.1. The molecule has 1 fully saturated rings. The largest absolute Gasteiger partial charge is 0.453 e. The molecule has 1 aliphatic heterocycles. The fraction of sp³-hybridized carbons (Fsp3) is 0.529. The van der Waals surface area contributed by atoms with Gasteiger partial charge in [-0.3, -0.25) is 9.59 Å².